The number of carbonyl (C=O) groups excluding carboxylic acids is 2. The molecule has 2 heterocycles. The van der Waals surface area contributed by atoms with Crippen molar-refractivity contribution in [3.05, 3.63) is 57.6 Å². The molecule has 2 aromatic carbocycles. The van der Waals surface area contributed by atoms with Crippen molar-refractivity contribution in [3.63, 3.8) is 0 Å². The number of nitrogens with zero attached hydrogens (tertiary/aromatic N) is 1. The Morgan fingerprint density at radius 2 is 1.26 bits per heavy atom. The van der Waals surface area contributed by atoms with Crippen molar-refractivity contribution in [1.29, 1.82) is 0 Å². The van der Waals surface area contributed by atoms with Crippen LogP contribution in [0.25, 0.3) is 0 Å². The Morgan fingerprint density at radius 1 is 0.842 bits per heavy atom. The molecule has 2 aliphatic rings. The Labute approximate surface area is 220 Å². The lowest BCUT2D eigenvalue weighted by atomic mass is 10.0. The van der Waals surface area contributed by atoms with Gasteiger partial charge in [0, 0.05) is 18.4 Å². The molecule has 0 saturated heterocycles. The molecule has 0 spiro atoms. The fourth-order valence-corrected chi connectivity index (χ4v) is 7.73. The van der Waals surface area contributed by atoms with Gasteiger partial charge in [-0.05, 0) is 48.2 Å². The summed E-state index contributed by atoms with van der Waals surface area (Å²) in [5, 5.41) is 19.1. The highest BCUT2D eigenvalue weighted by molar-refractivity contribution is 7.91. The van der Waals surface area contributed by atoms with E-state index in [1.54, 1.807) is 26.0 Å². The van der Waals surface area contributed by atoms with Crippen LogP contribution in [0.15, 0.2) is 39.0 Å². The molecule has 6 N–H and O–H groups in total. The summed E-state index contributed by atoms with van der Waals surface area (Å²) in [6.07, 6.45) is -1.28. The number of hydrogen-bond acceptors (Lipinski definition) is 9. The first-order valence-corrected chi connectivity index (χ1v) is 14.7. The predicted molar refractivity (Wildman–Crippen MR) is 137 cm³/mol. The van der Waals surface area contributed by atoms with Crippen LogP contribution in [0.3, 0.4) is 0 Å². The number of esters is 1. The van der Waals surface area contributed by atoms with Crippen molar-refractivity contribution in [2.45, 2.75) is 48.7 Å². The van der Waals surface area contributed by atoms with Crippen LogP contribution in [0.1, 0.15) is 43.0 Å². The Kier molecular flexibility index (Phi) is 8.31. The van der Waals surface area contributed by atoms with Crippen LogP contribution in [0.2, 0.25) is 0 Å². The number of aliphatic imine (C=N–C) groups is 1. The average molecular weight is 568 g/mol. The predicted octanol–water partition coefficient (Wildman–Crippen LogP) is -0.428. The zero-order valence-corrected chi connectivity index (χ0v) is 22.6. The highest BCUT2D eigenvalue weighted by atomic mass is 32.2. The highest BCUT2D eigenvalue weighted by Gasteiger charge is 2.32. The van der Waals surface area contributed by atoms with Crippen molar-refractivity contribution in [1.82, 2.24) is 0 Å². The van der Waals surface area contributed by atoms with Crippen LogP contribution in [0.4, 0.5) is 0 Å². The molecule has 4 rings (SSSR count). The smallest absolute Gasteiger partial charge is 0.338 e. The summed E-state index contributed by atoms with van der Waals surface area (Å²) in [6.45, 7) is 3.36. The van der Waals surface area contributed by atoms with Crippen molar-refractivity contribution >= 4 is 37.5 Å². The largest absolute Gasteiger partial charge is 0.465 e. The van der Waals surface area contributed by atoms with Gasteiger partial charge in [-0.15, -0.1) is 0 Å². The van der Waals surface area contributed by atoms with E-state index in [0.29, 0.717) is 22.3 Å². The Balaban J connectivity index is 0.000000212. The summed E-state index contributed by atoms with van der Waals surface area (Å²) in [4.78, 5) is 27.0. The third kappa shape index (κ3) is 6.20. The lowest BCUT2D eigenvalue weighted by Crippen LogP contribution is -2.30. The van der Waals surface area contributed by atoms with Gasteiger partial charge in [0.05, 0.1) is 46.2 Å². The molecule has 0 aliphatic carbocycles. The van der Waals surface area contributed by atoms with E-state index >= 15 is 0 Å². The molecule has 14 heteroatoms. The quantitative estimate of drug-likeness (QED) is 0.207. The van der Waals surface area contributed by atoms with Crippen LogP contribution >= 0.6 is 0 Å². The lowest BCUT2D eigenvalue weighted by Gasteiger charge is -2.22. The number of guanidine groups is 1. The standard InChI is InChI=1S/C12H15N3O4S.C12H14O5S/c1-6-2-7-3-8(16)5-20(18,19)10(7)4-9(6)11(17)15-12(13)14;1-7-3-8-4-9(13)6-18(15,16)11(8)5-10(7)12(14)17-2/h2,4,8,16H,3,5H2,1H3,(H4,13,14,15,17);3,5,9,13H,4,6H2,1-2H3. The van der Waals surface area contributed by atoms with E-state index in [1.165, 1.54) is 19.2 Å². The first kappa shape index (κ1) is 29.2. The number of aryl methyl sites for hydroxylation is 2. The molecule has 1 amide bonds. The second-order valence-electron chi connectivity index (χ2n) is 9.16. The fourth-order valence-electron chi connectivity index (χ4n) is 4.44. The van der Waals surface area contributed by atoms with Crippen LogP contribution in [-0.4, -0.2) is 75.7 Å². The van der Waals surface area contributed by atoms with Gasteiger partial charge in [-0.1, -0.05) is 12.1 Å². The Bertz CT molecular complexity index is 1540. The molecular weight excluding hydrogens is 538 g/mol. The molecule has 0 bridgehead atoms. The molecule has 2 atom stereocenters. The molecule has 0 radical (unpaired) electrons. The van der Waals surface area contributed by atoms with Crippen LogP contribution in [0.5, 0.6) is 0 Å². The number of benzene rings is 2. The van der Waals surface area contributed by atoms with E-state index < -0.39 is 43.8 Å². The number of nitrogens with two attached hydrogens (primary N) is 2. The van der Waals surface area contributed by atoms with Crippen LogP contribution in [-0.2, 0) is 37.3 Å². The maximum atomic E-state index is 12.0. The summed E-state index contributed by atoms with van der Waals surface area (Å²) in [5.74, 6) is -2.28. The van der Waals surface area contributed by atoms with E-state index in [0.717, 1.165) is 0 Å². The third-order valence-corrected chi connectivity index (χ3v) is 9.83. The van der Waals surface area contributed by atoms with Crippen molar-refractivity contribution in [2.75, 3.05) is 18.6 Å². The maximum Gasteiger partial charge on any atom is 0.338 e. The van der Waals surface area contributed by atoms with E-state index in [1.807, 2.05) is 0 Å². The van der Waals surface area contributed by atoms with E-state index in [9.17, 15) is 36.6 Å². The van der Waals surface area contributed by atoms with Gasteiger partial charge < -0.3 is 26.4 Å². The highest BCUT2D eigenvalue weighted by Crippen LogP contribution is 2.29. The van der Waals surface area contributed by atoms with Gasteiger partial charge in [0.25, 0.3) is 5.91 Å². The molecule has 12 nitrogen and oxygen atoms in total. The Hall–Kier alpha value is -3.33. The molecule has 38 heavy (non-hydrogen) atoms. The summed E-state index contributed by atoms with van der Waals surface area (Å²) in [6, 6.07) is 5.82. The minimum Gasteiger partial charge on any atom is -0.465 e. The molecule has 0 saturated carbocycles. The van der Waals surface area contributed by atoms with E-state index in [2.05, 4.69) is 9.73 Å². The molecule has 2 unspecified atom stereocenters. The summed E-state index contributed by atoms with van der Waals surface area (Å²) in [7, 11) is -5.89. The number of aliphatic hydroxyl groups excluding tert-OH is 2. The molecule has 2 aliphatic heterocycles. The molecule has 0 aromatic heterocycles. The van der Waals surface area contributed by atoms with E-state index in [4.69, 9.17) is 11.5 Å². The topological polar surface area (TPSA) is 217 Å². The number of amides is 1. The number of fused-ring (bicyclic) bond motifs is 2. The molecule has 206 valence electrons. The van der Waals surface area contributed by atoms with Gasteiger partial charge in [0.15, 0.2) is 25.6 Å². The van der Waals surface area contributed by atoms with Gasteiger partial charge in [-0.3, -0.25) is 4.79 Å². The number of rotatable bonds is 2. The fraction of sp³-hybridized carbons (Fsp3) is 0.375. The zero-order valence-electron chi connectivity index (χ0n) is 21.0. The van der Waals surface area contributed by atoms with Crippen LogP contribution in [0, 0.1) is 13.8 Å². The number of carbonyl (C=O) groups is 2. The molecule has 2 aromatic rings. The van der Waals surface area contributed by atoms with Crippen LogP contribution < -0.4 is 11.5 Å². The minimum atomic E-state index is -3.61. The molecular formula is C24H29N3O9S2. The second kappa shape index (κ2) is 10.8. The number of sulfone groups is 2. The zero-order chi connectivity index (χ0) is 28.6. The number of ether oxygens (including phenoxy) is 1. The SMILES string of the molecule is COC(=O)c1cc2c(cc1C)CC(O)CS2(=O)=O.Cc1cc2c(cc1C(=O)N=C(N)N)S(=O)(=O)CC(O)C2. The third-order valence-electron chi connectivity index (χ3n) is 6.09. The number of methoxy groups -OCH3 is 1. The minimum absolute atomic E-state index is 0.0579. The number of hydrogen-bond donors (Lipinski definition) is 4. The maximum absolute atomic E-state index is 12.0. The Morgan fingerprint density at radius 3 is 1.68 bits per heavy atom. The van der Waals surface area contributed by atoms with Crippen molar-refractivity contribution in [3.8, 4) is 0 Å². The van der Waals surface area contributed by atoms with Gasteiger partial charge >= 0.3 is 5.97 Å². The summed E-state index contributed by atoms with van der Waals surface area (Å²) >= 11 is 0. The normalized spacial score (nSPS) is 20.6. The summed E-state index contributed by atoms with van der Waals surface area (Å²) < 4.78 is 52.6. The summed E-state index contributed by atoms with van der Waals surface area (Å²) in [5.41, 5.74) is 12.9. The van der Waals surface area contributed by atoms with Crippen molar-refractivity contribution < 1.29 is 41.4 Å². The van der Waals surface area contributed by atoms with Crippen molar-refractivity contribution in [2.24, 2.45) is 16.5 Å². The van der Waals surface area contributed by atoms with Gasteiger partial charge in [-0.2, -0.15) is 4.99 Å². The van der Waals surface area contributed by atoms with E-state index in [-0.39, 0.29) is 51.2 Å². The van der Waals surface area contributed by atoms with Gasteiger partial charge in [0.1, 0.15) is 0 Å². The molecule has 0 fully saturated rings. The first-order chi connectivity index (χ1) is 17.6. The monoisotopic (exact) mass is 567 g/mol. The van der Waals surface area contributed by atoms with Gasteiger partial charge in [0.2, 0.25) is 0 Å². The lowest BCUT2D eigenvalue weighted by molar-refractivity contribution is 0.0599. The first-order valence-electron chi connectivity index (χ1n) is 11.4. The number of aliphatic hydroxyl groups is 2. The second-order valence-corrected chi connectivity index (χ2v) is 13.2. The van der Waals surface area contributed by atoms with Gasteiger partial charge in [-0.25, -0.2) is 21.6 Å². The average Bonchev–Trinajstić information content (AvgIpc) is 2.76.